The van der Waals surface area contributed by atoms with Crippen LogP contribution in [0.2, 0.25) is 0 Å². The fraction of sp³-hybridized carbons (Fsp3) is 0. The first kappa shape index (κ1) is 8.22. The molecule has 0 aliphatic heterocycles. The maximum atomic E-state index is 9.96. The van der Waals surface area contributed by atoms with E-state index in [9.17, 15) is 4.79 Å². The van der Waals surface area contributed by atoms with Crippen molar-refractivity contribution in [2.75, 3.05) is 0 Å². The van der Waals surface area contributed by atoms with Crippen molar-refractivity contribution >= 4 is 12.4 Å². The minimum Gasteiger partial charge on any atom is -0.299 e. The predicted octanol–water partition coefficient (Wildman–Crippen LogP) is 1.77. The molecule has 0 bridgehead atoms. The SMILES string of the molecule is N#Cc1ccc(/C=C\C=O)cc1. The summed E-state index contributed by atoms with van der Waals surface area (Å²) in [6.07, 6.45) is 3.83. The van der Waals surface area contributed by atoms with Crippen LogP contribution in [-0.4, -0.2) is 6.29 Å². The lowest BCUT2D eigenvalue weighted by Gasteiger charge is -1.90. The third-order valence-corrected chi connectivity index (χ3v) is 1.41. The third-order valence-electron chi connectivity index (χ3n) is 1.41. The van der Waals surface area contributed by atoms with Gasteiger partial charge in [0, 0.05) is 0 Å². The van der Waals surface area contributed by atoms with E-state index in [1.807, 2.05) is 6.07 Å². The zero-order chi connectivity index (χ0) is 8.81. The van der Waals surface area contributed by atoms with E-state index in [0.29, 0.717) is 5.56 Å². The van der Waals surface area contributed by atoms with Gasteiger partial charge < -0.3 is 0 Å². The first-order valence-corrected chi connectivity index (χ1v) is 3.49. The average molecular weight is 157 g/mol. The summed E-state index contributed by atoms with van der Waals surface area (Å²) in [5.41, 5.74) is 1.54. The quantitative estimate of drug-likeness (QED) is 0.485. The van der Waals surface area contributed by atoms with Crippen molar-refractivity contribution in [3.05, 3.63) is 41.5 Å². The van der Waals surface area contributed by atoms with Crippen molar-refractivity contribution in [3.63, 3.8) is 0 Å². The van der Waals surface area contributed by atoms with Gasteiger partial charge in [-0.2, -0.15) is 5.26 Å². The van der Waals surface area contributed by atoms with E-state index in [4.69, 9.17) is 5.26 Å². The molecule has 0 aromatic heterocycles. The molecule has 1 rings (SSSR count). The van der Waals surface area contributed by atoms with E-state index in [1.54, 1.807) is 30.3 Å². The number of carbonyl (C=O) groups excluding carboxylic acids is 1. The zero-order valence-electron chi connectivity index (χ0n) is 6.40. The molecule has 58 valence electrons. The van der Waals surface area contributed by atoms with Crippen LogP contribution in [0.3, 0.4) is 0 Å². The Labute approximate surface area is 70.8 Å². The fourth-order valence-corrected chi connectivity index (χ4v) is 0.819. The highest BCUT2D eigenvalue weighted by molar-refractivity contribution is 5.73. The number of aldehydes is 1. The summed E-state index contributed by atoms with van der Waals surface area (Å²) in [6.45, 7) is 0. The van der Waals surface area contributed by atoms with Crippen LogP contribution >= 0.6 is 0 Å². The molecule has 0 heterocycles. The van der Waals surface area contributed by atoms with Gasteiger partial charge in [-0.3, -0.25) is 4.79 Å². The molecule has 0 atom stereocenters. The van der Waals surface area contributed by atoms with Gasteiger partial charge >= 0.3 is 0 Å². The molecular weight excluding hydrogens is 150 g/mol. The number of rotatable bonds is 2. The molecule has 0 unspecified atom stereocenters. The average Bonchev–Trinajstić information content (AvgIpc) is 2.15. The molecule has 0 N–H and O–H groups in total. The van der Waals surface area contributed by atoms with E-state index in [1.165, 1.54) is 6.08 Å². The molecule has 0 saturated carbocycles. The Morgan fingerprint density at radius 2 is 1.92 bits per heavy atom. The normalized spacial score (nSPS) is 9.58. The maximum Gasteiger partial charge on any atom is 0.142 e. The van der Waals surface area contributed by atoms with Crippen LogP contribution in [0.25, 0.3) is 6.08 Å². The lowest BCUT2D eigenvalue weighted by Crippen LogP contribution is -1.74. The summed E-state index contributed by atoms with van der Waals surface area (Å²) in [4.78, 5) is 9.96. The van der Waals surface area contributed by atoms with Gasteiger partial charge in [0.1, 0.15) is 6.29 Å². The smallest absolute Gasteiger partial charge is 0.142 e. The zero-order valence-corrected chi connectivity index (χ0v) is 6.40. The Balaban J connectivity index is 2.86. The molecule has 0 spiro atoms. The van der Waals surface area contributed by atoms with E-state index in [0.717, 1.165) is 11.8 Å². The lowest BCUT2D eigenvalue weighted by molar-refractivity contribution is -0.104. The summed E-state index contributed by atoms with van der Waals surface area (Å²) in [5, 5.41) is 8.48. The highest BCUT2D eigenvalue weighted by Crippen LogP contribution is 2.04. The number of carbonyl (C=O) groups is 1. The van der Waals surface area contributed by atoms with Gasteiger partial charge in [-0.15, -0.1) is 0 Å². The predicted molar refractivity (Wildman–Crippen MR) is 46.3 cm³/mol. The summed E-state index contributed by atoms with van der Waals surface area (Å²) in [7, 11) is 0. The van der Waals surface area contributed by atoms with E-state index >= 15 is 0 Å². The molecule has 2 heteroatoms. The Bertz CT molecular complexity index is 330. The number of nitriles is 1. The van der Waals surface area contributed by atoms with E-state index in [-0.39, 0.29) is 0 Å². The Kier molecular flexibility index (Phi) is 2.80. The Hall–Kier alpha value is -1.88. The second kappa shape index (κ2) is 4.09. The molecule has 0 fully saturated rings. The van der Waals surface area contributed by atoms with Crippen LogP contribution in [0.4, 0.5) is 0 Å². The largest absolute Gasteiger partial charge is 0.299 e. The van der Waals surface area contributed by atoms with Crippen molar-refractivity contribution in [3.8, 4) is 6.07 Å². The second-order valence-corrected chi connectivity index (χ2v) is 2.23. The maximum absolute atomic E-state index is 9.96. The van der Waals surface area contributed by atoms with Gasteiger partial charge in [-0.05, 0) is 23.8 Å². The van der Waals surface area contributed by atoms with Gasteiger partial charge in [-0.1, -0.05) is 18.2 Å². The van der Waals surface area contributed by atoms with Crippen LogP contribution in [-0.2, 0) is 4.79 Å². The van der Waals surface area contributed by atoms with Crippen LogP contribution in [0.5, 0.6) is 0 Å². The van der Waals surface area contributed by atoms with Crippen molar-refractivity contribution in [1.82, 2.24) is 0 Å². The first-order chi connectivity index (χ1) is 5.86. The fourth-order valence-electron chi connectivity index (χ4n) is 0.819. The number of hydrogen-bond acceptors (Lipinski definition) is 2. The molecule has 1 aromatic carbocycles. The molecule has 12 heavy (non-hydrogen) atoms. The van der Waals surface area contributed by atoms with E-state index < -0.39 is 0 Å². The Morgan fingerprint density at radius 3 is 2.42 bits per heavy atom. The number of hydrogen-bond donors (Lipinski definition) is 0. The highest BCUT2D eigenvalue weighted by atomic mass is 16.1. The van der Waals surface area contributed by atoms with Crippen LogP contribution in [0, 0.1) is 11.3 Å². The van der Waals surface area contributed by atoms with Crippen molar-refractivity contribution in [2.45, 2.75) is 0 Å². The van der Waals surface area contributed by atoms with Crippen molar-refractivity contribution < 1.29 is 4.79 Å². The molecule has 0 aliphatic rings. The second-order valence-electron chi connectivity index (χ2n) is 2.23. The van der Waals surface area contributed by atoms with Crippen LogP contribution in [0.15, 0.2) is 30.3 Å². The van der Waals surface area contributed by atoms with Gasteiger partial charge in [0.2, 0.25) is 0 Å². The van der Waals surface area contributed by atoms with Crippen LogP contribution in [0.1, 0.15) is 11.1 Å². The summed E-state index contributed by atoms with van der Waals surface area (Å²) < 4.78 is 0. The van der Waals surface area contributed by atoms with Gasteiger partial charge in [0.15, 0.2) is 0 Å². The van der Waals surface area contributed by atoms with Crippen molar-refractivity contribution in [2.24, 2.45) is 0 Å². The molecule has 0 radical (unpaired) electrons. The minimum absolute atomic E-state index is 0.623. The molecule has 0 amide bonds. The number of nitrogens with zero attached hydrogens (tertiary/aromatic N) is 1. The molecule has 0 saturated heterocycles. The molecule has 0 aliphatic carbocycles. The summed E-state index contributed by atoms with van der Waals surface area (Å²) in [6, 6.07) is 9.02. The lowest BCUT2D eigenvalue weighted by atomic mass is 10.1. The topological polar surface area (TPSA) is 40.9 Å². The van der Waals surface area contributed by atoms with Gasteiger partial charge in [0.25, 0.3) is 0 Å². The number of allylic oxidation sites excluding steroid dienone is 1. The highest BCUT2D eigenvalue weighted by Gasteiger charge is 1.87. The van der Waals surface area contributed by atoms with Crippen LogP contribution < -0.4 is 0 Å². The summed E-state index contributed by atoms with van der Waals surface area (Å²) in [5.74, 6) is 0. The van der Waals surface area contributed by atoms with Gasteiger partial charge in [-0.25, -0.2) is 0 Å². The first-order valence-electron chi connectivity index (χ1n) is 3.49. The standard InChI is InChI=1S/C10H7NO/c11-8-10-5-3-9(4-6-10)2-1-7-12/h1-7H/b2-1-. The monoisotopic (exact) mass is 157 g/mol. The molecular formula is C10H7NO. The Morgan fingerprint density at radius 1 is 1.25 bits per heavy atom. The third kappa shape index (κ3) is 2.06. The van der Waals surface area contributed by atoms with E-state index in [2.05, 4.69) is 0 Å². The number of benzene rings is 1. The molecule has 1 aromatic rings. The summed E-state index contributed by atoms with van der Waals surface area (Å²) >= 11 is 0. The minimum atomic E-state index is 0.623. The van der Waals surface area contributed by atoms with Gasteiger partial charge in [0.05, 0.1) is 11.6 Å². The molecule has 2 nitrogen and oxygen atoms in total. The van der Waals surface area contributed by atoms with Crippen molar-refractivity contribution in [1.29, 1.82) is 5.26 Å².